The summed E-state index contributed by atoms with van der Waals surface area (Å²) >= 11 is 3.33. The molecule has 1 unspecified atom stereocenters. The van der Waals surface area contributed by atoms with Crippen LogP contribution in [-0.4, -0.2) is 10.9 Å². The minimum absolute atomic E-state index is 0.00315. The normalized spacial score (nSPS) is 31.6. The van der Waals surface area contributed by atoms with Crippen LogP contribution in [0.2, 0.25) is 0 Å². The van der Waals surface area contributed by atoms with Crippen molar-refractivity contribution in [2.45, 2.75) is 51.9 Å². The summed E-state index contributed by atoms with van der Waals surface area (Å²) < 4.78 is 0.613. The number of Topliss-reactive ketones (excluding diaryl/α,β-unsaturated/α-hetero) is 1. The fourth-order valence-corrected chi connectivity index (χ4v) is 4.85. The number of hydrogen-bond donors (Lipinski definition) is 1. The highest BCUT2D eigenvalue weighted by Gasteiger charge is 2.51. The standard InChI is InChI=1S/C17H21BrO2/c1-16(2)5-4-6-17(3)11-8-14(20)12(18)7-10(11)13(19)9-15(16)17/h7-8,15,20H,4-6,9H2,1-3H3/t15?,17-/m1/s1. The second kappa shape index (κ2) is 4.33. The molecule has 0 heterocycles. The number of carbonyl (C=O) groups excluding carboxylic acids is 1. The van der Waals surface area contributed by atoms with E-state index in [0.717, 1.165) is 17.5 Å². The van der Waals surface area contributed by atoms with E-state index in [-0.39, 0.29) is 22.4 Å². The monoisotopic (exact) mass is 336 g/mol. The summed E-state index contributed by atoms with van der Waals surface area (Å²) in [6.07, 6.45) is 4.10. The second-order valence-corrected chi connectivity index (χ2v) is 8.14. The third kappa shape index (κ3) is 1.86. The van der Waals surface area contributed by atoms with E-state index in [9.17, 15) is 9.90 Å². The summed E-state index contributed by atoms with van der Waals surface area (Å²) in [6, 6.07) is 3.61. The summed E-state index contributed by atoms with van der Waals surface area (Å²) in [5.41, 5.74) is 2.03. The van der Waals surface area contributed by atoms with Gasteiger partial charge in [0.15, 0.2) is 5.78 Å². The molecule has 3 rings (SSSR count). The van der Waals surface area contributed by atoms with Gasteiger partial charge in [-0.25, -0.2) is 0 Å². The maximum Gasteiger partial charge on any atom is 0.163 e. The quantitative estimate of drug-likeness (QED) is 0.737. The van der Waals surface area contributed by atoms with E-state index in [1.54, 1.807) is 6.07 Å². The lowest BCUT2D eigenvalue weighted by Gasteiger charge is -2.53. The van der Waals surface area contributed by atoms with Crippen LogP contribution in [0.15, 0.2) is 16.6 Å². The Morgan fingerprint density at radius 2 is 1.95 bits per heavy atom. The van der Waals surface area contributed by atoms with Crippen LogP contribution in [0.25, 0.3) is 0 Å². The van der Waals surface area contributed by atoms with Crippen molar-refractivity contribution in [3.05, 3.63) is 27.7 Å². The van der Waals surface area contributed by atoms with Gasteiger partial charge >= 0.3 is 0 Å². The number of aromatic hydroxyl groups is 1. The summed E-state index contributed by atoms with van der Waals surface area (Å²) in [5.74, 6) is 0.823. The van der Waals surface area contributed by atoms with Gasteiger partial charge in [-0.1, -0.05) is 27.2 Å². The van der Waals surface area contributed by atoms with Crippen LogP contribution in [0, 0.1) is 11.3 Å². The van der Waals surface area contributed by atoms with Crippen LogP contribution in [-0.2, 0) is 5.41 Å². The van der Waals surface area contributed by atoms with E-state index >= 15 is 0 Å². The van der Waals surface area contributed by atoms with Crippen molar-refractivity contribution < 1.29 is 9.90 Å². The number of rotatable bonds is 0. The van der Waals surface area contributed by atoms with Crippen LogP contribution < -0.4 is 0 Å². The molecule has 1 N–H and O–H groups in total. The third-order valence-corrected chi connectivity index (χ3v) is 6.26. The van der Waals surface area contributed by atoms with Crippen LogP contribution >= 0.6 is 15.9 Å². The van der Waals surface area contributed by atoms with Crippen LogP contribution in [0.3, 0.4) is 0 Å². The van der Waals surface area contributed by atoms with Gasteiger partial charge in [0.1, 0.15) is 5.75 Å². The van der Waals surface area contributed by atoms with Gasteiger partial charge in [-0.15, -0.1) is 0 Å². The summed E-state index contributed by atoms with van der Waals surface area (Å²) in [6.45, 7) is 6.84. The van der Waals surface area contributed by atoms with E-state index < -0.39 is 0 Å². The molecule has 0 radical (unpaired) electrons. The zero-order chi connectivity index (χ0) is 14.7. The lowest BCUT2D eigenvalue weighted by Crippen LogP contribution is -2.49. The minimum Gasteiger partial charge on any atom is -0.507 e. The first-order chi connectivity index (χ1) is 9.25. The molecule has 1 saturated carbocycles. The van der Waals surface area contributed by atoms with E-state index in [2.05, 4.69) is 36.7 Å². The van der Waals surface area contributed by atoms with E-state index in [0.29, 0.717) is 16.8 Å². The summed E-state index contributed by atoms with van der Waals surface area (Å²) in [4.78, 5) is 12.5. The smallest absolute Gasteiger partial charge is 0.163 e. The minimum atomic E-state index is 0.00315. The van der Waals surface area contributed by atoms with Crippen LogP contribution in [0.1, 0.15) is 62.4 Å². The van der Waals surface area contributed by atoms with Crippen molar-refractivity contribution in [3.8, 4) is 5.75 Å². The van der Waals surface area contributed by atoms with Gasteiger partial charge in [0.05, 0.1) is 4.47 Å². The van der Waals surface area contributed by atoms with Gasteiger partial charge in [0, 0.05) is 12.0 Å². The number of halogens is 1. The molecular formula is C17H21BrO2. The molecule has 1 aromatic rings. The first kappa shape index (κ1) is 14.1. The van der Waals surface area contributed by atoms with Gasteiger partial charge < -0.3 is 5.11 Å². The molecule has 2 atom stereocenters. The zero-order valence-corrected chi connectivity index (χ0v) is 13.9. The maximum atomic E-state index is 12.5. The van der Waals surface area contributed by atoms with Crippen molar-refractivity contribution in [2.75, 3.05) is 0 Å². The Labute approximate surface area is 128 Å². The molecule has 2 aliphatic rings. The predicted molar refractivity (Wildman–Crippen MR) is 83.2 cm³/mol. The number of phenolic OH excluding ortho intramolecular Hbond substituents is 1. The number of phenols is 1. The molecule has 20 heavy (non-hydrogen) atoms. The third-order valence-electron chi connectivity index (χ3n) is 5.62. The topological polar surface area (TPSA) is 37.3 Å². The molecule has 0 saturated heterocycles. The zero-order valence-electron chi connectivity index (χ0n) is 12.3. The first-order valence-electron chi connectivity index (χ1n) is 7.32. The maximum absolute atomic E-state index is 12.5. The van der Waals surface area contributed by atoms with Crippen molar-refractivity contribution in [2.24, 2.45) is 11.3 Å². The number of ketones is 1. The molecule has 1 fully saturated rings. The van der Waals surface area contributed by atoms with Gasteiger partial charge in [-0.05, 0) is 63.2 Å². The predicted octanol–water partition coefficient (Wildman–Crippen LogP) is 4.83. The highest BCUT2D eigenvalue weighted by atomic mass is 79.9. The number of carbonyl (C=O) groups is 1. The van der Waals surface area contributed by atoms with E-state index in [4.69, 9.17) is 0 Å². The average Bonchev–Trinajstić information content (AvgIpc) is 2.35. The fourth-order valence-electron chi connectivity index (χ4n) is 4.51. The Balaban J connectivity index is 2.22. The fraction of sp³-hybridized carbons (Fsp3) is 0.588. The molecule has 0 spiro atoms. The molecule has 2 aliphatic carbocycles. The van der Waals surface area contributed by atoms with Gasteiger partial charge in [-0.2, -0.15) is 0 Å². The average molecular weight is 337 g/mol. The second-order valence-electron chi connectivity index (χ2n) is 7.29. The van der Waals surface area contributed by atoms with Gasteiger partial charge in [0.25, 0.3) is 0 Å². The van der Waals surface area contributed by atoms with E-state index in [1.807, 2.05) is 6.07 Å². The van der Waals surface area contributed by atoms with Crippen LogP contribution in [0.4, 0.5) is 0 Å². The Hall–Kier alpha value is -0.830. The first-order valence-corrected chi connectivity index (χ1v) is 8.11. The van der Waals surface area contributed by atoms with Crippen molar-refractivity contribution >= 4 is 21.7 Å². The SMILES string of the molecule is CC1(C)CCC[C@]2(C)c3cc(O)c(Br)cc3C(=O)CC12. The highest BCUT2D eigenvalue weighted by Crippen LogP contribution is 2.57. The van der Waals surface area contributed by atoms with Gasteiger partial charge in [-0.3, -0.25) is 4.79 Å². The summed E-state index contributed by atoms with van der Waals surface area (Å²) in [7, 11) is 0. The van der Waals surface area contributed by atoms with Gasteiger partial charge in [0.2, 0.25) is 0 Å². The van der Waals surface area contributed by atoms with E-state index in [1.165, 1.54) is 12.8 Å². The van der Waals surface area contributed by atoms with Crippen molar-refractivity contribution in [1.82, 2.24) is 0 Å². The van der Waals surface area contributed by atoms with Crippen molar-refractivity contribution in [3.63, 3.8) is 0 Å². The molecule has 0 bridgehead atoms. The molecule has 1 aromatic carbocycles. The number of benzene rings is 1. The lowest BCUT2D eigenvalue weighted by atomic mass is 9.50. The highest BCUT2D eigenvalue weighted by molar-refractivity contribution is 9.10. The largest absolute Gasteiger partial charge is 0.507 e. The number of fused-ring (bicyclic) bond motifs is 3. The lowest BCUT2D eigenvalue weighted by molar-refractivity contribution is 0.0367. The molecule has 108 valence electrons. The molecule has 2 nitrogen and oxygen atoms in total. The Morgan fingerprint density at radius 3 is 2.65 bits per heavy atom. The number of hydrogen-bond acceptors (Lipinski definition) is 2. The Morgan fingerprint density at radius 1 is 1.25 bits per heavy atom. The summed E-state index contributed by atoms with van der Waals surface area (Å²) in [5, 5.41) is 10.0. The Bertz CT molecular complexity index is 591. The molecule has 3 heteroatoms. The molecule has 0 amide bonds. The van der Waals surface area contributed by atoms with Crippen molar-refractivity contribution in [1.29, 1.82) is 0 Å². The molecule has 0 aliphatic heterocycles. The molecule has 0 aromatic heterocycles. The molecular weight excluding hydrogens is 316 g/mol. The van der Waals surface area contributed by atoms with Crippen LogP contribution in [0.5, 0.6) is 5.75 Å². The Kier molecular flexibility index (Phi) is 3.06.